The number of nitrogens with zero attached hydrogens (tertiary/aromatic N) is 4. The van der Waals surface area contributed by atoms with Crippen molar-refractivity contribution in [3.05, 3.63) is 72.1 Å². The van der Waals surface area contributed by atoms with Gasteiger partial charge in [0, 0.05) is 12.1 Å². The fourth-order valence-corrected chi connectivity index (χ4v) is 3.30. The molecule has 0 aliphatic rings. The van der Waals surface area contributed by atoms with E-state index >= 15 is 0 Å². The molecule has 2 heterocycles. The molecule has 2 aromatic heterocycles. The first-order chi connectivity index (χ1) is 16.6. The van der Waals surface area contributed by atoms with Crippen LogP contribution in [0.1, 0.15) is 24.3 Å². The van der Waals surface area contributed by atoms with Gasteiger partial charge in [0.05, 0.1) is 23.6 Å². The van der Waals surface area contributed by atoms with Crippen LogP contribution < -0.4 is 5.32 Å². The van der Waals surface area contributed by atoms with Crippen molar-refractivity contribution in [2.75, 3.05) is 6.54 Å². The number of hydrogen-bond acceptors (Lipinski definition) is 7. The maximum Gasteiger partial charge on any atom is 0.434 e. The van der Waals surface area contributed by atoms with Crippen LogP contribution in [0, 0.1) is 0 Å². The predicted molar refractivity (Wildman–Crippen MR) is 117 cm³/mol. The number of nitrogens with one attached hydrogen (secondary N) is 1. The second-order valence-corrected chi connectivity index (χ2v) is 7.69. The van der Waals surface area contributed by atoms with E-state index in [0.29, 0.717) is 5.56 Å². The van der Waals surface area contributed by atoms with Gasteiger partial charge in [0.2, 0.25) is 5.82 Å². The number of aliphatic hydroxyl groups is 2. The summed E-state index contributed by atoms with van der Waals surface area (Å²) in [7, 11) is 0. The lowest BCUT2D eigenvalue weighted by atomic mass is 10.1. The van der Waals surface area contributed by atoms with Crippen LogP contribution in [0.3, 0.4) is 0 Å². The molecule has 0 radical (unpaired) electrons. The Morgan fingerprint density at radius 1 is 1.11 bits per heavy atom. The van der Waals surface area contributed by atoms with Crippen molar-refractivity contribution < 1.29 is 32.7 Å². The fourth-order valence-electron chi connectivity index (χ4n) is 3.30. The van der Waals surface area contributed by atoms with Crippen molar-refractivity contribution in [2.24, 2.45) is 0 Å². The lowest BCUT2D eigenvalue weighted by molar-refractivity contribution is -0.142. The highest BCUT2D eigenvalue weighted by molar-refractivity contribution is 5.82. The number of carbonyl (C=O) groups excluding carboxylic acids is 1. The maximum atomic E-state index is 13.9. The normalized spacial score (nSPS) is 13.4. The Bertz CT molecular complexity index is 1300. The minimum atomic E-state index is -4.75. The highest BCUT2D eigenvalue weighted by Crippen LogP contribution is 2.38. The summed E-state index contributed by atoms with van der Waals surface area (Å²) >= 11 is 0. The molecule has 0 aliphatic carbocycles. The third-order valence-corrected chi connectivity index (χ3v) is 5.00. The van der Waals surface area contributed by atoms with Gasteiger partial charge < -0.3 is 20.1 Å². The number of para-hydroxylation sites is 1. The molecular formula is C23H20F3N5O4. The minimum absolute atomic E-state index is 0.0135. The number of amides is 1. The number of halogens is 3. The molecule has 9 nitrogen and oxygen atoms in total. The first-order valence-electron chi connectivity index (χ1n) is 10.4. The van der Waals surface area contributed by atoms with Gasteiger partial charge in [0.15, 0.2) is 11.8 Å². The SMILES string of the molecule is CC(O)CNC(=O)[C@@H](O)c1ccc(-c2noc(-c3cnn(-c4ccccc4)c3C(F)(F)F)n2)cc1. The number of aromatic nitrogens is 4. The topological polar surface area (TPSA) is 126 Å². The molecular weight excluding hydrogens is 467 g/mol. The fraction of sp³-hybridized carbons (Fsp3) is 0.217. The zero-order chi connectivity index (χ0) is 25.2. The van der Waals surface area contributed by atoms with Crippen LogP contribution >= 0.6 is 0 Å². The molecule has 0 fully saturated rings. The van der Waals surface area contributed by atoms with Crippen molar-refractivity contribution in [3.8, 4) is 28.5 Å². The van der Waals surface area contributed by atoms with E-state index in [1.54, 1.807) is 18.2 Å². The van der Waals surface area contributed by atoms with Crippen LogP contribution in [0.4, 0.5) is 13.2 Å². The van der Waals surface area contributed by atoms with Gasteiger partial charge in [0.1, 0.15) is 0 Å². The highest BCUT2D eigenvalue weighted by Gasteiger charge is 2.40. The summed E-state index contributed by atoms with van der Waals surface area (Å²) in [6.45, 7) is 1.48. The molecule has 182 valence electrons. The molecule has 0 saturated carbocycles. The Labute approximate surface area is 196 Å². The summed E-state index contributed by atoms with van der Waals surface area (Å²) in [5.41, 5.74) is -0.548. The van der Waals surface area contributed by atoms with E-state index in [1.165, 1.54) is 43.3 Å². The average Bonchev–Trinajstić information content (AvgIpc) is 3.50. The number of alkyl halides is 3. The van der Waals surface area contributed by atoms with Crippen LogP contribution in [0.2, 0.25) is 0 Å². The summed E-state index contributed by atoms with van der Waals surface area (Å²) in [6, 6.07) is 13.7. The van der Waals surface area contributed by atoms with E-state index in [-0.39, 0.29) is 35.1 Å². The number of carbonyl (C=O) groups is 1. The van der Waals surface area contributed by atoms with Crippen LogP contribution in [0.5, 0.6) is 0 Å². The second kappa shape index (κ2) is 9.68. The third-order valence-electron chi connectivity index (χ3n) is 5.00. The Morgan fingerprint density at radius 2 is 1.80 bits per heavy atom. The molecule has 0 saturated heterocycles. The Kier molecular flexibility index (Phi) is 6.67. The summed E-state index contributed by atoms with van der Waals surface area (Å²) < 4.78 is 47.6. The van der Waals surface area contributed by atoms with E-state index < -0.39 is 30.0 Å². The number of rotatable bonds is 7. The van der Waals surface area contributed by atoms with Crippen molar-refractivity contribution in [3.63, 3.8) is 0 Å². The van der Waals surface area contributed by atoms with Gasteiger partial charge in [0.25, 0.3) is 11.8 Å². The third kappa shape index (κ3) is 5.23. The molecule has 1 unspecified atom stereocenters. The molecule has 3 N–H and O–H groups in total. The molecule has 2 aromatic carbocycles. The minimum Gasteiger partial charge on any atom is -0.392 e. The van der Waals surface area contributed by atoms with E-state index in [4.69, 9.17) is 4.52 Å². The molecule has 35 heavy (non-hydrogen) atoms. The monoisotopic (exact) mass is 487 g/mol. The average molecular weight is 487 g/mol. The van der Waals surface area contributed by atoms with Crippen molar-refractivity contribution >= 4 is 5.91 Å². The van der Waals surface area contributed by atoms with Crippen molar-refractivity contribution in [1.29, 1.82) is 0 Å². The van der Waals surface area contributed by atoms with Gasteiger partial charge in [-0.1, -0.05) is 47.6 Å². The van der Waals surface area contributed by atoms with E-state index in [9.17, 15) is 28.2 Å². The Hall–Kier alpha value is -4.03. The van der Waals surface area contributed by atoms with Crippen LogP contribution in [0.25, 0.3) is 28.5 Å². The second-order valence-electron chi connectivity index (χ2n) is 7.69. The Morgan fingerprint density at radius 3 is 2.43 bits per heavy atom. The standard InChI is InChI=1S/C23H20F3N5O4/c1-13(32)11-27-21(34)18(33)14-7-9-15(10-8-14)20-29-22(35-30-20)17-12-28-31(19(17)23(24,25)26)16-5-3-2-4-6-16/h2-10,12-13,18,32-33H,11H2,1H3,(H,27,34)/t13?,18-/m0/s1. The number of hydrogen-bond donors (Lipinski definition) is 3. The number of aliphatic hydroxyl groups excluding tert-OH is 2. The summed E-state index contributed by atoms with van der Waals surface area (Å²) in [5.74, 6) is -1.04. The summed E-state index contributed by atoms with van der Waals surface area (Å²) in [4.78, 5) is 16.1. The molecule has 0 bridgehead atoms. The molecule has 4 rings (SSSR count). The lowest BCUT2D eigenvalue weighted by Crippen LogP contribution is -2.34. The summed E-state index contributed by atoms with van der Waals surface area (Å²) in [6.07, 6.45) is -5.97. The van der Waals surface area contributed by atoms with Gasteiger partial charge in [-0.2, -0.15) is 23.3 Å². The quantitative estimate of drug-likeness (QED) is 0.366. The first kappa shape index (κ1) is 24.1. The number of benzene rings is 2. The zero-order valence-corrected chi connectivity index (χ0v) is 18.3. The smallest absolute Gasteiger partial charge is 0.392 e. The van der Waals surface area contributed by atoms with E-state index in [2.05, 4.69) is 20.6 Å². The van der Waals surface area contributed by atoms with E-state index in [0.717, 1.165) is 10.9 Å². The van der Waals surface area contributed by atoms with Crippen LogP contribution in [-0.2, 0) is 11.0 Å². The van der Waals surface area contributed by atoms with Gasteiger partial charge in [-0.15, -0.1) is 0 Å². The molecule has 1 amide bonds. The molecule has 2 atom stereocenters. The van der Waals surface area contributed by atoms with Crippen molar-refractivity contribution in [1.82, 2.24) is 25.2 Å². The van der Waals surface area contributed by atoms with E-state index in [1.807, 2.05) is 0 Å². The molecule has 0 aliphatic heterocycles. The van der Waals surface area contributed by atoms with Gasteiger partial charge in [-0.3, -0.25) is 4.79 Å². The highest BCUT2D eigenvalue weighted by atomic mass is 19.4. The van der Waals surface area contributed by atoms with Crippen molar-refractivity contribution in [2.45, 2.75) is 25.3 Å². The van der Waals surface area contributed by atoms with Crippen LogP contribution in [-0.4, -0.2) is 48.7 Å². The molecule has 0 spiro atoms. The predicted octanol–water partition coefficient (Wildman–Crippen LogP) is 3.14. The van der Waals surface area contributed by atoms with Gasteiger partial charge in [-0.25, -0.2) is 4.68 Å². The lowest BCUT2D eigenvalue weighted by Gasteiger charge is -2.13. The molecule has 4 aromatic rings. The zero-order valence-electron chi connectivity index (χ0n) is 18.3. The maximum absolute atomic E-state index is 13.9. The van der Waals surface area contributed by atoms with Gasteiger partial charge in [-0.05, 0) is 24.6 Å². The largest absolute Gasteiger partial charge is 0.434 e. The first-order valence-corrected chi connectivity index (χ1v) is 10.4. The molecule has 12 heteroatoms. The summed E-state index contributed by atoms with van der Waals surface area (Å²) in [5, 5.41) is 29.4. The Balaban J connectivity index is 1.60. The van der Waals surface area contributed by atoms with Gasteiger partial charge >= 0.3 is 6.18 Å². The van der Waals surface area contributed by atoms with Crippen LogP contribution in [0.15, 0.2) is 65.3 Å².